The summed E-state index contributed by atoms with van der Waals surface area (Å²) >= 11 is 0. The summed E-state index contributed by atoms with van der Waals surface area (Å²) in [7, 11) is 3.39. The molecule has 1 atom stereocenters. The Balaban J connectivity index is 2.19. The average Bonchev–Trinajstić information content (AvgIpc) is 2.25. The van der Waals surface area contributed by atoms with Crippen LogP contribution in [0, 0.1) is 0 Å². The zero-order chi connectivity index (χ0) is 10.2. The number of amidine groups is 1. The van der Waals surface area contributed by atoms with E-state index in [1.54, 1.807) is 14.2 Å². The second-order valence-electron chi connectivity index (χ2n) is 3.48. The molecule has 1 aliphatic heterocycles. The summed E-state index contributed by atoms with van der Waals surface area (Å²) in [6.07, 6.45) is 3.65. The molecule has 1 aliphatic rings. The van der Waals surface area contributed by atoms with Gasteiger partial charge in [0.2, 0.25) is 0 Å². The normalized spacial score (nSPS) is 18.9. The van der Waals surface area contributed by atoms with Crippen molar-refractivity contribution in [3.05, 3.63) is 0 Å². The van der Waals surface area contributed by atoms with E-state index >= 15 is 0 Å². The van der Waals surface area contributed by atoms with Crippen LogP contribution in [0.15, 0.2) is 4.99 Å². The van der Waals surface area contributed by atoms with Crippen molar-refractivity contribution in [1.82, 2.24) is 5.32 Å². The average molecular weight is 200 g/mol. The fraction of sp³-hybridized carbons (Fsp3) is 0.900. The minimum Gasteiger partial charge on any atom is -0.382 e. The van der Waals surface area contributed by atoms with Crippen molar-refractivity contribution < 1.29 is 9.47 Å². The van der Waals surface area contributed by atoms with Crippen LogP contribution in [-0.2, 0) is 9.47 Å². The summed E-state index contributed by atoms with van der Waals surface area (Å²) in [5.74, 6) is 1.12. The molecule has 82 valence electrons. The molecule has 4 nitrogen and oxygen atoms in total. The Bertz CT molecular complexity index is 183. The van der Waals surface area contributed by atoms with Gasteiger partial charge in [-0.2, -0.15) is 0 Å². The summed E-state index contributed by atoms with van der Waals surface area (Å²) in [5.41, 5.74) is 0. The maximum Gasteiger partial charge on any atom is 0.0976 e. The van der Waals surface area contributed by atoms with Crippen molar-refractivity contribution in [3.63, 3.8) is 0 Å². The molecule has 0 saturated heterocycles. The molecule has 0 aromatic rings. The van der Waals surface area contributed by atoms with E-state index in [2.05, 4.69) is 10.3 Å². The maximum absolute atomic E-state index is 5.24. The fourth-order valence-electron chi connectivity index (χ4n) is 1.47. The predicted molar refractivity (Wildman–Crippen MR) is 56.8 cm³/mol. The largest absolute Gasteiger partial charge is 0.382 e. The van der Waals surface area contributed by atoms with Gasteiger partial charge >= 0.3 is 0 Å². The van der Waals surface area contributed by atoms with Crippen LogP contribution in [0.4, 0.5) is 0 Å². The first-order valence-electron chi connectivity index (χ1n) is 5.15. The Kier molecular flexibility index (Phi) is 5.56. The monoisotopic (exact) mass is 200 g/mol. The lowest BCUT2D eigenvalue weighted by atomic mass is 10.2. The molecule has 1 heterocycles. The minimum absolute atomic E-state index is 0.115. The van der Waals surface area contributed by atoms with Crippen molar-refractivity contribution in [2.75, 3.05) is 33.9 Å². The first-order valence-corrected chi connectivity index (χ1v) is 5.15. The van der Waals surface area contributed by atoms with Crippen LogP contribution in [0.1, 0.15) is 19.3 Å². The molecule has 0 aliphatic carbocycles. The number of ether oxygens (including phenoxy) is 2. The van der Waals surface area contributed by atoms with Crippen LogP contribution in [0.2, 0.25) is 0 Å². The Hall–Kier alpha value is -0.610. The highest BCUT2D eigenvalue weighted by Crippen LogP contribution is 2.03. The lowest BCUT2D eigenvalue weighted by Gasteiger charge is -2.18. The van der Waals surface area contributed by atoms with Gasteiger partial charge < -0.3 is 14.8 Å². The summed E-state index contributed by atoms with van der Waals surface area (Å²) in [4.78, 5) is 4.40. The van der Waals surface area contributed by atoms with E-state index in [1.807, 2.05) is 0 Å². The van der Waals surface area contributed by atoms with Gasteiger partial charge in [0.25, 0.3) is 0 Å². The predicted octanol–water partition coefficient (Wildman–Crippen LogP) is 0.820. The van der Waals surface area contributed by atoms with Crippen molar-refractivity contribution >= 4 is 5.84 Å². The van der Waals surface area contributed by atoms with Crippen LogP contribution in [0.3, 0.4) is 0 Å². The van der Waals surface area contributed by atoms with Gasteiger partial charge in [-0.25, -0.2) is 0 Å². The molecule has 0 bridgehead atoms. The van der Waals surface area contributed by atoms with Crippen molar-refractivity contribution in [2.45, 2.75) is 25.4 Å². The van der Waals surface area contributed by atoms with Crippen LogP contribution in [0.25, 0.3) is 0 Å². The highest BCUT2D eigenvalue weighted by Gasteiger charge is 2.09. The standard InChI is InChI=1S/C10H20N2O2/c1-13-8-9(14-2)7-12-10-5-3-4-6-11-10/h9H,3-8H2,1-2H3,(H,11,12). The number of methoxy groups -OCH3 is 2. The summed E-state index contributed by atoms with van der Waals surface area (Å²) in [5, 5.41) is 3.30. The van der Waals surface area contributed by atoms with Crippen molar-refractivity contribution in [2.24, 2.45) is 4.99 Å². The second-order valence-corrected chi connectivity index (χ2v) is 3.48. The van der Waals surface area contributed by atoms with Gasteiger partial charge in [0.15, 0.2) is 0 Å². The molecule has 1 unspecified atom stereocenters. The number of nitrogens with zero attached hydrogens (tertiary/aromatic N) is 1. The van der Waals surface area contributed by atoms with Gasteiger partial charge in [0.05, 0.1) is 18.5 Å². The summed E-state index contributed by atoms with van der Waals surface area (Å²) < 4.78 is 10.3. The number of rotatable bonds is 5. The third-order valence-corrected chi connectivity index (χ3v) is 2.34. The lowest BCUT2D eigenvalue weighted by Crippen LogP contribution is -2.36. The first-order chi connectivity index (χ1) is 6.86. The highest BCUT2D eigenvalue weighted by molar-refractivity contribution is 5.82. The zero-order valence-corrected chi connectivity index (χ0v) is 9.08. The Morgan fingerprint density at radius 2 is 2.29 bits per heavy atom. The Morgan fingerprint density at radius 1 is 1.43 bits per heavy atom. The van der Waals surface area contributed by atoms with E-state index < -0.39 is 0 Å². The van der Waals surface area contributed by atoms with E-state index in [4.69, 9.17) is 9.47 Å². The lowest BCUT2D eigenvalue weighted by molar-refractivity contribution is 0.0314. The molecule has 0 aromatic heterocycles. The zero-order valence-electron chi connectivity index (χ0n) is 9.08. The first kappa shape index (κ1) is 11.5. The third kappa shape index (κ3) is 4.07. The quantitative estimate of drug-likeness (QED) is 0.714. The molecule has 1 rings (SSSR count). The summed E-state index contributed by atoms with van der Waals surface area (Å²) in [6, 6.07) is 0. The van der Waals surface area contributed by atoms with Crippen LogP contribution in [-0.4, -0.2) is 45.9 Å². The molecule has 0 radical (unpaired) electrons. The topological polar surface area (TPSA) is 42.8 Å². The van der Waals surface area contributed by atoms with E-state index in [0.29, 0.717) is 6.61 Å². The fourth-order valence-corrected chi connectivity index (χ4v) is 1.47. The highest BCUT2D eigenvalue weighted by atomic mass is 16.5. The van der Waals surface area contributed by atoms with Gasteiger partial charge in [0.1, 0.15) is 0 Å². The number of nitrogens with one attached hydrogen (secondary N) is 1. The second kappa shape index (κ2) is 6.79. The maximum atomic E-state index is 5.24. The molecular weight excluding hydrogens is 180 g/mol. The molecule has 0 aromatic carbocycles. The summed E-state index contributed by atoms with van der Waals surface area (Å²) in [6.45, 7) is 2.37. The smallest absolute Gasteiger partial charge is 0.0976 e. The molecular formula is C10H20N2O2. The molecule has 0 spiro atoms. The number of hydrogen-bond donors (Lipinski definition) is 1. The Morgan fingerprint density at radius 3 is 2.86 bits per heavy atom. The van der Waals surface area contributed by atoms with Crippen molar-refractivity contribution in [1.29, 1.82) is 0 Å². The molecule has 1 N–H and O–H groups in total. The molecule has 0 saturated carbocycles. The van der Waals surface area contributed by atoms with Crippen LogP contribution in [0.5, 0.6) is 0 Å². The number of aliphatic imine (C=N–C) groups is 1. The SMILES string of the molecule is COCC(CNC1=NCCCC1)OC. The minimum atomic E-state index is 0.115. The molecule has 0 fully saturated rings. The van der Waals surface area contributed by atoms with E-state index in [0.717, 1.165) is 25.3 Å². The van der Waals surface area contributed by atoms with Crippen LogP contribution >= 0.6 is 0 Å². The number of hydrogen-bond acceptors (Lipinski definition) is 4. The van der Waals surface area contributed by atoms with E-state index in [-0.39, 0.29) is 6.10 Å². The molecule has 4 heteroatoms. The Labute approximate surface area is 85.7 Å². The van der Waals surface area contributed by atoms with Crippen LogP contribution < -0.4 is 5.32 Å². The van der Waals surface area contributed by atoms with Gasteiger partial charge in [-0.1, -0.05) is 0 Å². The third-order valence-electron chi connectivity index (χ3n) is 2.34. The van der Waals surface area contributed by atoms with Gasteiger partial charge in [-0.3, -0.25) is 4.99 Å². The van der Waals surface area contributed by atoms with E-state index in [1.165, 1.54) is 12.8 Å². The van der Waals surface area contributed by atoms with E-state index in [9.17, 15) is 0 Å². The molecule has 14 heavy (non-hydrogen) atoms. The van der Waals surface area contributed by atoms with Gasteiger partial charge in [-0.05, 0) is 12.8 Å². The van der Waals surface area contributed by atoms with Crippen molar-refractivity contribution in [3.8, 4) is 0 Å². The molecule has 0 amide bonds. The van der Waals surface area contributed by atoms with Gasteiger partial charge in [0, 0.05) is 33.7 Å². The van der Waals surface area contributed by atoms with Gasteiger partial charge in [-0.15, -0.1) is 0 Å².